The highest BCUT2D eigenvalue weighted by Gasteiger charge is 2.17. The molecular formula is C14H22BrN3O. The lowest BCUT2D eigenvalue weighted by atomic mass is 9.98. The number of nitrogens with one attached hydrogen (secondary N) is 1. The van der Waals surface area contributed by atoms with E-state index in [9.17, 15) is 0 Å². The summed E-state index contributed by atoms with van der Waals surface area (Å²) in [5.74, 6) is 5.67. The van der Waals surface area contributed by atoms with Crippen LogP contribution in [0.15, 0.2) is 22.7 Å². The molecular weight excluding hydrogens is 306 g/mol. The lowest BCUT2D eigenvalue weighted by Crippen LogP contribution is -2.28. The summed E-state index contributed by atoms with van der Waals surface area (Å²) in [5, 5.41) is 0. The minimum atomic E-state index is 0.0962. The zero-order chi connectivity index (χ0) is 13.7. The first kappa shape index (κ1) is 14.8. The Morgan fingerprint density at radius 2 is 2.32 bits per heavy atom. The quantitative estimate of drug-likeness (QED) is 0.426. The summed E-state index contributed by atoms with van der Waals surface area (Å²) in [6.07, 6.45) is 5.99. The van der Waals surface area contributed by atoms with Crippen molar-refractivity contribution in [2.45, 2.75) is 44.2 Å². The zero-order valence-corrected chi connectivity index (χ0v) is 12.7. The predicted molar refractivity (Wildman–Crippen MR) is 81.4 cm³/mol. The molecule has 5 heteroatoms. The van der Waals surface area contributed by atoms with E-state index >= 15 is 0 Å². The molecule has 0 bridgehead atoms. The Kier molecular flexibility index (Phi) is 5.63. The molecule has 2 rings (SSSR count). The van der Waals surface area contributed by atoms with Crippen molar-refractivity contribution in [1.29, 1.82) is 0 Å². The van der Waals surface area contributed by atoms with Gasteiger partial charge in [-0.25, -0.2) is 0 Å². The molecule has 2 atom stereocenters. The molecule has 0 aromatic heterocycles. The van der Waals surface area contributed by atoms with Crippen LogP contribution in [0.2, 0.25) is 0 Å². The first-order valence-corrected chi connectivity index (χ1v) is 7.62. The lowest BCUT2D eigenvalue weighted by molar-refractivity contribution is 0.101. The highest BCUT2D eigenvalue weighted by atomic mass is 79.9. The summed E-state index contributed by atoms with van der Waals surface area (Å²) in [6, 6.07) is 5.98. The molecule has 1 saturated heterocycles. The van der Waals surface area contributed by atoms with Crippen LogP contribution in [0.1, 0.15) is 43.7 Å². The number of ether oxygens (including phenoxy) is 1. The van der Waals surface area contributed by atoms with Crippen molar-refractivity contribution in [1.82, 2.24) is 5.43 Å². The molecule has 5 N–H and O–H groups in total. The van der Waals surface area contributed by atoms with Gasteiger partial charge in [-0.15, -0.1) is 0 Å². The first-order valence-electron chi connectivity index (χ1n) is 6.83. The monoisotopic (exact) mass is 327 g/mol. The summed E-state index contributed by atoms with van der Waals surface area (Å²) >= 11 is 3.47. The SMILES string of the molecule is NNC(CCCC1CCCO1)c1cc(Br)ccc1N. The van der Waals surface area contributed by atoms with E-state index in [-0.39, 0.29) is 6.04 Å². The molecule has 1 aliphatic heterocycles. The van der Waals surface area contributed by atoms with Crippen LogP contribution >= 0.6 is 15.9 Å². The van der Waals surface area contributed by atoms with E-state index < -0.39 is 0 Å². The minimum absolute atomic E-state index is 0.0962. The minimum Gasteiger partial charge on any atom is -0.398 e. The molecule has 0 spiro atoms. The van der Waals surface area contributed by atoms with Crippen LogP contribution in [-0.4, -0.2) is 12.7 Å². The van der Waals surface area contributed by atoms with Crippen molar-refractivity contribution < 1.29 is 4.74 Å². The van der Waals surface area contributed by atoms with E-state index in [0.29, 0.717) is 6.10 Å². The van der Waals surface area contributed by atoms with Crippen molar-refractivity contribution in [2.75, 3.05) is 12.3 Å². The molecule has 0 aliphatic carbocycles. The fraction of sp³-hybridized carbons (Fsp3) is 0.571. The van der Waals surface area contributed by atoms with Gasteiger partial charge in [-0.1, -0.05) is 15.9 Å². The highest BCUT2D eigenvalue weighted by Crippen LogP contribution is 2.28. The number of halogens is 1. The van der Waals surface area contributed by atoms with Gasteiger partial charge in [0, 0.05) is 22.8 Å². The maximum absolute atomic E-state index is 6.02. The number of hydrogen-bond acceptors (Lipinski definition) is 4. The Hall–Kier alpha value is -0.620. The van der Waals surface area contributed by atoms with Crippen molar-refractivity contribution >= 4 is 21.6 Å². The van der Waals surface area contributed by atoms with Crippen LogP contribution in [0.3, 0.4) is 0 Å². The predicted octanol–water partition coefficient (Wildman–Crippen LogP) is 2.89. The van der Waals surface area contributed by atoms with Gasteiger partial charge in [0.2, 0.25) is 0 Å². The van der Waals surface area contributed by atoms with Crippen LogP contribution in [0.25, 0.3) is 0 Å². The number of rotatable bonds is 6. The smallest absolute Gasteiger partial charge is 0.0576 e. The zero-order valence-electron chi connectivity index (χ0n) is 11.1. The Labute approximate surface area is 123 Å². The molecule has 2 unspecified atom stereocenters. The number of nitrogens with two attached hydrogens (primary N) is 2. The van der Waals surface area contributed by atoms with E-state index in [4.69, 9.17) is 16.3 Å². The molecule has 1 aromatic rings. The highest BCUT2D eigenvalue weighted by molar-refractivity contribution is 9.10. The topological polar surface area (TPSA) is 73.3 Å². The third-order valence-corrected chi connectivity index (χ3v) is 4.16. The van der Waals surface area contributed by atoms with Gasteiger partial charge in [0.05, 0.1) is 6.10 Å². The van der Waals surface area contributed by atoms with Crippen LogP contribution < -0.4 is 17.0 Å². The molecule has 1 aromatic carbocycles. The second-order valence-corrected chi connectivity index (χ2v) is 5.97. The summed E-state index contributed by atoms with van der Waals surface area (Å²) in [7, 11) is 0. The van der Waals surface area contributed by atoms with Crippen LogP contribution in [-0.2, 0) is 4.74 Å². The summed E-state index contributed by atoms with van der Waals surface area (Å²) in [5.41, 5.74) is 10.7. The first-order chi connectivity index (χ1) is 9.20. The molecule has 1 fully saturated rings. The Bertz CT molecular complexity index is 408. The number of hydrogen-bond donors (Lipinski definition) is 3. The van der Waals surface area contributed by atoms with Crippen LogP contribution in [0.4, 0.5) is 5.69 Å². The Morgan fingerprint density at radius 3 is 3.00 bits per heavy atom. The van der Waals surface area contributed by atoms with E-state index in [1.807, 2.05) is 18.2 Å². The Morgan fingerprint density at radius 1 is 1.47 bits per heavy atom. The molecule has 0 radical (unpaired) electrons. The number of hydrazine groups is 1. The lowest BCUT2D eigenvalue weighted by Gasteiger charge is -2.19. The number of nitrogen functional groups attached to an aromatic ring is 1. The second kappa shape index (κ2) is 7.24. The summed E-state index contributed by atoms with van der Waals surface area (Å²) in [4.78, 5) is 0. The molecule has 106 valence electrons. The van der Waals surface area contributed by atoms with Crippen LogP contribution in [0, 0.1) is 0 Å². The fourth-order valence-corrected chi connectivity index (χ4v) is 2.98. The van der Waals surface area contributed by atoms with Gasteiger partial charge in [-0.2, -0.15) is 0 Å². The van der Waals surface area contributed by atoms with Gasteiger partial charge in [0.15, 0.2) is 0 Å². The van der Waals surface area contributed by atoms with E-state index in [0.717, 1.165) is 41.6 Å². The molecule has 0 amide bonds. The number of benzene rings is 1. The van der Waals surface area contributed by atoms with Gasteiger partial charge in [-0.05, 0) is 55.9 Å². The second-order valence-electron chi connectivity index (χ2n) is 5.06. The third-order valence-electron chi connectivity index (χ3n) is 3.67. The number of anilines is 1. The normalized spacial score (nSPS) is 20.6. The van der Waals surface area contributed by atoms with Gasteiger partial charge >= 0.3 is 0 Å². The average Bonchev–Trinajstić information content (AvgIpc) is 2.91. The average molecular weight is 328 g/mol. The van der Waals surface area contributed by atoms with Gasteiger partial charge in [0.1, 0.15) is 0 Å². The van der Waals surface area contributed by atoms with Crippen molar-refractivity contribution in [2.24, 2.45) is 5.84 Å². The molecule has 19 heavy (non-hydrogen) atoms. The van der Waals surface area contributed by atoms with Crippen LogP contribution in [0.5, 0.6) is 0 Å². The maximum atomic E-state index is 6.02. The van der Waals surface area contributed by atoms with Crippen molar-refractivity contribution in [3.05, 3.63) is 28.2 Å². The van der Waals surface area contributed by atoms with E-state index in [1.54, 1.807) is 0 Å². The van der Waals surface area contributed by atoms with Gasteiger partial charge in [-0.3, -0.25) is 11.3 Å². The van der Waals surface area contributed by atoms with E-state index in [2.05, 4.69) is 21.4 Å². The third kappa shape index (κ3) is 4.18. The summed E-state index contributed by atoms with van der Waals surface area (Å²) < 4.78 is 6.66. The van der Waals surface area contributed by atoms with Crippen molar-refractivity contribution in [3.8, 4) is 0 Å². The van der Waals surface area contributed by atoms with Gasteiger partial charge < -0.3 is 10.5 Å². The fourth-order valence-electron chi connectivity index (χ4n) is 2.60. The molecule has 1 heterocycles. The van der Waals surface area contributed by atoms with Crippen molar-refractivity contribution in [3.63, 3.8) is 0 Å². The maximum Gasteiger partial charge on any atom is 0.0576 e. The molecule has 1 aliphatic rings. The largest absolute Gasteiger partial charge is 0.398 e. The molecule has 0 saturated carbocycles. The molecule has 4 nitrogen and oxygen atoms in total. The summed E-state index contributed by atoms with van der Waals surface area (Å²) in [6.45, 7) is 0.918. The standard InChI is InChI=1S/C14H22BrN3O/c15-10-6-7-13(16)12(9-10)14(18-17)5-1-3-11-4-2-8-19-11/h6-7,9,11,14,18H,1-5,8,16-17H2. The van der Waals surface area contributed by atoms with Gasteiger partial charge in [0.25, 0.3) is 0 Å². The Balaban J connectivity index is 1.89. The van der Waals surface area contributed by atoms with E-state index in [1.165, 1.54) is 12.8 Å².